The third kappa shape index (κ3) is 2.90. The molecule has 6 nitrogen and oxygen atoms in total. The van der Waals surface area contributed by atoms with Gasteiger partial charge in [-0.05, 0) is 37.4 Å². The zero-order chi connectivity index (χ0) is 15.6. The molecule has 2 aliphatic heterocycles. The first-order valence-corrected chi connectivity index (χ1v) is 9.13. The first-order chi connectivity index (χ1) is 11.3. The molecule has 0 bridgehead atoms. The summed E-state index contributed by atoms with van der Waals surface area (Å²) in [6.45, 7) is 5.21. The predicted octanol–water partition coefficient (Wildman–Crippen LogP) is 1.34. The zero-order valence-electron chi connectivity index (χ0n) is 13.1. The lowest BCUT2D eigenvalue weighted by molar-refractivity contribution is -0.136. The van der Waals surface area contributed by atoms with Gasteiger partial charge >= 0.3 is 0 Å². The molecule has 2 aromatic heterocycles. The highest BCUT2D eigenvalue weighted by Crippen LogP contribution is 2.28. The summed E-state index contributed by atoms with van der Waals surface area (Å²) in [6, 6.07) is 2.03. The van der Waals surface area contributed by atoms with Gasteiger partial charge in [-0.2, -0.15) is 0 Å². The van der Waals surface area contributed by atoms with Gasteiger partial charge in [0.1, 0.15) is 12.1 Å². The van der Waals surface area contributed by atoms with Crippen LogP contribution in [-0.2, 0) is 4.79 Å². The smallest absolute Gasteiger partial charge is 0.225 e. The standard InChI is InChI=1S/C16H21N5OS/c22-16(12-1-4-17-5-2-12)21-8-6-20(7-9-21)15-14-13(3-10-23-14)18-11-19-15/h3,10-12,17H,1-2,4-9H2. The minimum atomic E-state index is 0.214. The Bertz CT molecular complexity index is 689. The van der Waals surface area contributed by atoms with E-state index in [0.717, 1.165) is 68.1 Å². The van der Waals surface area contributed by atoms with Gasteiger partial charge in [-0.1, -0.05) is 0 Å². The fraction of sp³-hybridized carbons (Fsp3) is 0.562. The van der Waals surface area contributed by atoms with Gasteiger partial charge in [0.2, 0.25) is 5.91 Å². The molecule has 0 saturated carbocycles. The maximum Gasteiger partial charge on any atom is 0.225 e. The predicted molar refractivity (Wildman–Crippen MR) is 91.8 cm³/mol. The first-order valence-electron chi connectivity index (χ1n) is 8.25. The monoisotopic (exact) mass is 331 g/mol. The number of nitrogens with one attached hydrogen (secondary N) is 1. The number of anilines is 1. The number of hydrogen-bond donors (Lipinski definition) is 1. The summed E-state index contributed by atoms with van der Waals surface area (Å²) in [5, 5.41) is 5.38. The van der Waals surface area contributed by atoms with E-state index in [1.165, 1.54) is 0 Å². The van der Waals surface area contributed by atoms with Crippen molar-refractivity contribution in [3.63, 3.8) is 0 Å². The molecule has 122 valence electrons. The van der Waals surface area contributed by atoms with E-state index < -0.39 is 0 Å². The maximum atomic E-state index is 12.6. The third-order valence-corrected chi connectivity index (χ3v) is 5.70. The molecule has 2 fully saturated rings. The highest BCUT2D eigenvalue weighted by Gasteiger charge is 2.29. The van der Waals surface area contributed by atoms with Gasteiger partial charge in [0.05, 0.1) is 10.2 Å². The molecule has 0 aliphatic carbocycles. The number of amides is 1. The largest absolute Gasteiger partial charge is 0.352 e. The minimum Gasteiger partial charge on any atom is -0.352 e. The van der Waals surface area contributed by atoms with E-state index in [1.807, 2.05) is 11.0 Å². The van der Waals surface area contributed by atoms with E-state index >= 15 is 0 Å². The second kappa shape index (κ2) is 6.41. The highest BCUT2D eigenvalue weighted by atomic mass is 32.1. The molecule has 4 rings (SSSR count). The molecule has 2 aliphatic rings. The van der Waals surface area contributed by atoms with Crippen molar-refractivity contribution >= 4 is 33.3 Å². The van der Waals surface area contributed by atoms with Crippen molar-refractivity contribution in [1.29, 1.82) is 0 Å². The average Bonchev–Trinajstić information content (AvgIpc) is 3.11. The molecule has 1 N–H and O–H groups in total. The lowest BCUT2D eigenvalue weighted by atomic mass is 9.96. The van der Waals surface area contributed by atoms with Crippen molar-refractivity contribution in [2.75, 3.05) is 44.2 Å². The number of carbonyl (C=O) groups is 1. The number of fused-ring (bicyclic) bond motifs is 1. The van der Waals surface area contributed by atoms with Crippen LogP contribution in [0.25, 0.3) is 10.2 Å². The molecule has 7 heteroatoms. The number of nitrogens with zero attached hydrogens (tertiary/aromatic N) is 4. The number of thiophene rings is 1. The van der Waals surface area contributed by atoms with Gasteiger partial charge < -0.3 is 15.1 Å². The van der Waals surface area contributed by atoms with Crippen LogP contribution in [0.5, 0.6) is 0 Å². The van der Waals surface area contributed by atoms with Crippen LogP contribution in [0.3, 0.4) is 0 Å². The van der Waals surface area contributed by atoms with Crippen LogP contribution < -0.4 is 10.2 Å². The van der Waals surface area contributed by atoms with Gasteiger partial charge in [0.25, 0.3) is 0 Å². The zero-order valence-corrected chi connectivity index (χ0v) is 13.9. The van der Waals surface area contributed by atoms with E-state index in [2.05, 4.69) is 25.6 Å². The topological polar surface area (TPSA) is 61.4 Å². The Balaban J connectivity index is 1.42. The summed E-state index contributed by atoms with van der Waals surface area (Å²) in [7, 11) is 0. The van der Waals surface area contributed by atoms with Gasteiger partial charge in [-0.25, -0.2) is 9.97 Å². The molecular weight excluding hydrogens is 310 g/mol. The molecule has 1 amide bonds. The molecule has 2 aromatic rings. The van der Waals surface area contributed by atoms with E-state index in [-0.39, 0.29) is 5.92 Å². The minimum absolute atomic E-state index is 0.214. The van der Waals surface area contributed by atoms with Crippen molar-refractivity contribution < 1.29 is 4.79 Å². The summed E-state index contributed by atoms with van der Waals surface area (Å²) >= 11 is 1.68. The van der Waals surface area contributed by atoms with Crippen LogP contribution in [0.1, 0.15) is 12.8 Å². The second-order valence-electron chi connectivity index (χ2n) is 6.17. The molecule has 23 heavy (non-hydrogen) atoms. The molecule has 0 radical (unpaired) electrons. The second-order valence-corrected chi connectivity index (χ2v) is 7.08. The van der Waals surface area contributed by atoms with Crippen molar-refractivity contribution in [2.24, 2.45) is 5.92 Å². The molecule has 0 spiro atoms. The van der Waals surface area contributed by atoms with Crippen LogP contribution >= 0.6 is 11.3 Å². The molecule has 0 unspecified atom stereocenters. The maximum absolute atomic E-state index is 12.6. The number of carbonyl (C=O) groups excluding carboxylic acids is 1. The number of piperidine rings is 1. The summed E-state index contributed by atoms with van der Waals surface area (Å²) in [5.74, 6) is 1.57. The highest BCUT2D eigenvalue weighted by molar-refractivity contribution is 7.17. The van der Waals surface area contributed by atoms with Gasteiger partial charge in [-0.3, -0.25) is 4.79 Å². The number of aromatic nitrogens is 2. The van der Waals surface area contributed by atoms with E-state index in [4.69, 9.17) is 0 Å². The summed E-state index contributed by atoms with van der Waals surface area (Å²) in [5.41, 5.74) is 1.01. The Kier molecular flexibility index (Phi) is 4.13. The lowest BCUT2D eigenvalue weighted by Crippen LogP contribution is -2.51. The Morgan fingerprint density at radius 3 is 2.74 bits per heavy atom. The average molecular weight is 331 g/mol. The first kappa shape index (κ1) is 14.8. The number of rotatable bonds is 2. The summed E-state index contributed by atoms with van der Waals surface area (Å²) in [6.07, 6.45) is 3.58. The molecule has 4 heterocycles. The normalized spacial score (nSPS) is 20.2. The van der Waals surface area contributed by atoms with Crippen LogP contribution in [0.4, 0.5) is 5.82 Å². The summed E-state index contributed by atoms with van der Waals surface area (Å²) < 4.78 is 1.14. The lowest BCUT2D eigenvalue weighted by Gasteiger charge is -2.37. The fourth-order valence-corrected chi connectivity index (χ4v) is 4.33. The molecular formula is C16H21N5OS. The van der Waals surface area contributed by atoms with Crippen LogP contribution in [0.2, 0.25) is 0 Å². The van der Waals surface area contributed by atoms with E-state index in [9.17, 15) is 4.79 Å². The molecule has 0 atom stereocenters. The third-order valence-electron chi connectivity index (χ3n) is 4.80. The van der Waals surface area contributed by atoms with Gasteiger partial charge in [-0.15, -0.1) is 11.3 Å². The Hall–Kier alpha value is -1.73. The SMILES string of the molecule is O=C(C1CCNCC1)N1CCN(c2ncnc3ccsc23)CC1. The quantitative estimate of drug-likeness (QED) is 0.900. The van der Waals surface area contributed by atoms with Crippen molar-refractivity contribution in [3.8, 4) is 0 Å². The van der Waals surface area contributed by atoms with E-state index in [0.29, 0.717) is 5.91 Å². The van der Waals surface area contributed by atoms with Gasteiger partial charge in [0, 0.05) is 32.1 Å². The molecule has 0 aromatic carbocycles. The Morgan fingerprint density at radius 2 is 1.96 bits per heavy atom. The fourth-order valence-electron chi connectivity index (χ4n) is 3.47. The van der Waals surface area contributed by atoms with Crippen LogP contribution in [0, 0.1) is 5.92 Å². The van der Waals surface area contributed by atoms with Crippen molar-refractivity contribution in [2.45, 2.75) is 12.8 Å². The number of piperazine rings is 1. The van der Waals surface area contributed by atoms with Crippen LogP contribution in [-0.4, -0.2) is 60.0 Å². The van der Waals surface area contributed by atoms with Gasteiger partial charge in [0.15, 0.2) is 0 Å². The Labute approximate surface area is 139 Å². The van der Waals surface area contributed by atoms with Crippen LogP contribution in [0.15, 0.2) is 17.8 Å². The Morgan fingerprint density at radius 1 is 1.17 bits per heavy atom. The van der Waals surface area contributed by atoms with Crippen molar-refractivity contribution in [3.05, 3.63) is 17.8 Å². The van der Waals surface area contributed by atoms with Crippen molar-refractivity contribution in [1.82, 2.24) is 20.2 Å². The molecule has 2 saturated heterocycles. The van der Waals surface area contributed by atoms with E-state index in [1.54, 1.807) is 17.7 Å². The number of hydrogen-bond acceptors (Lipinski definition) is 6. The summed E-state index contributed by atoms with van der Waals surface area (Å²) in [4.78, 5) is 25.7.